The topological polar surface area (TPSA) is 67.4 Å². The highest BCUT2D eigenvalue weighted by Crippen LogP contribution is 2.25. The minimum atomic E-state index is -0.0836. The quantitative estimate of drug-likeness (QED) is 0.880. The summed E-state index contributed by atoms with van der Waals surface area (Å²) in [6, 6.07) is 5.69. The van der Waals surface area contributed by atoms with E-state index in [1.807, 2.05) is 6.07 Å². The van der Waals surface area contributed by atoms with E-state index >= 15 is 0 Å². The largest absolute Gasteiger partial charge is 0.483 e. The molecule has 0 atom stereocenters. The fourth-order valence-corrected chi connectivity index (χ4v) is 3.05. The van der Waals surface area contributed by atoms with Gasteiger partial charge in [-0.1, -0.05) is 18.9 Å². The van der Waals surface area contributed by atoms with Crippen molar-refractivity contribution in [2.45, 2.75) is 38.1 Å². The summed E-state index contributed by atoms with van der Waals surface area (Å²) in [6.45, 7) is 0.620. The summed E-state index contributed by atoms with van der Waals surface area (Å²) in [5, 5.41) is 5.80. The molecule has 0 bridgehead atoms. The molecule has 2 aliphatic rings. The lowest BCUT2D eigenvalue weighted by molar-refractivity contribution is -0.123. The molecule has 0 spiro atoms. The van der Waals surface area contributed by atoms with E-state index in [4.69, 9.17) is 4.74 Å². The van der Waals surface area contributed by atoms with Crippen molar-refractivity contribution in [1.29, 1.82) is 0 Å². The average Bonchev–Trinajstić information content (AvgIpc) is 2.98. The Morgan fingerprint density at radius 2 is 2.14 bits per heavy atom. The van der Waals surface area contributed by atoms with Gasteiger partial charge in [-0.15, -0.1) is 0 Å². The first-order chi connectivity index (χ1) is 10.2. The molecule has 1 heterocycles. The lowest BCUT2D eigenvalue weighted by Gasteiger charge is -2.20. The Morgan fingerprint density at radius 3 is 2.95 bits per heavy atom. The van der Waals surface area contributed by atoms with Gasteiger partial charge in [-0.25, -0.2) is 0 Å². The molecule has 0 aromatic heterocycles. The number of carbonyl (C=O) groups excluding carboxylic acids is 2. The summed E-state index contributed by atoms with van der Waals surface area (Å²) in [7, 11) is 0. The van der Waals surface area contributed by atoms with E-state index in [-0.39, 0.29) is 18.4 Å². The predicted molar refractivity (Wildman–Crippen MR) is 78.4 cm³/mol. The zero-order valence-electron chi connectivity index (χ0n) is 12.0. The molecular weight excluding hydrogens is 268 g/mol. The molecule has 0 unspecified atom stereocenters. The van der Waals surface area contributed by atoms with E-state index in [0.717, 1.165) is 24.8 Å². The third-order valence-electron chi connectivity index (χ3n) is 4.12. The van der Waals surface area contributed by atoms with Gasteiger partial charge < -0.3 is 15.4 Å². The molecule has 1 saturated carbocycles. The first kappa shape index (κ1) is 13.9. The summed E-state index contributed by atoms with van der Waals surface area (Å²) in [5.74, 6) is 0.487. The molecule has 0 radical (unpaired) electrons. The molecule has 1 aromatic rings. The van der Waals surface area contributed by atoms with Crippen LogP contribution in [0.1, 0.15) is 41.6 Å². The van der Waals surface area contributed by atoms with Crippen molar-refractivity contribution >= 4 is 11.8 Å². The second-order valence-electron chi connectivity index (χ2n) is 5.63. The zero-order valence-corrected chi connectivity index (χ0v) is 12.0. The first-order valence-corrected chi connectivity index (χ1v) is 7.56. The van der Waals surface area contributed by atoms with Gasteiger partial charge in [0.15, 0.2) is 6.61 Å². The predicted octanol–water partition coefficient (Wildman–Crippen LogP) is 1.41. The Hall–Kier alpha value is -2.04. The SMILES string of the molecule is O=C(COc1cccc2c1CCNC2=O)NC1CCCC1. The molecule has 2 amide bonds. The van der Waals surface area contributed by atoms with Gasteiger partial charge in [0.25, 0.3) is 11.8 Å². The molecule has 5 heteroatoms. The highest BCUT2D eigenvalue weighted by Gasteiger charge is 2.21. The Balaban J connectivity index is 1.61. The highest BCUT2D eigenvalue weighted by atomic mass is 16.5. The number of carbonyl (C=O) groups is 2. The van der Waals surface area contributed by atoms with Crippen LogP contribution in [0.3, 0.4) is 0 Å². The van der Waals surface area contributed by atoms with E-state index in [2.05, 4.69) is 10.6 Å². The fourth-order valence-electron chi connectivity index (χ4n) is 3.05. The van der Waals surface area contributed by atoms with Crippen LogP contribution in [0.15, 0.2) is 18.2 Å². The van der Waals surface area contributed by atoms with Gasteiger partial charge in [0.05, 0.1) is 0 Å². The van der Waals surface area contributed by atoms with Gasteiger partial charge in [0.2, 0.25) is 0 Å². The monoisotopic (exact) mass is 288 g/mol. The fraction of sp³-hybridized carbons (Fsp3) is 0.500. The molecule has 112 valence electrons. The Labute approximate surface area is 124 Å². The molecule has 1 aliphatic carbocycles. The van der Waals surface area contributed by atoms with E-state index in [1.165, 1.54) is 12.8 Å². The van der Waals surface area contributed by atoms with E-state index in [9.17, 15) is 9.59 Å². The van der Waals surface area contributed by atoms with Gasteiger partial charge in [-0.3, -0.25) is 9.59 Å². The summed E-state index contributed by atoms with van der Waals surface area (Å²) >= 11 is 0. The van der Waals surface area contributed by atoms with Crippen molar-refractivity contribution in [3.63, 3.8) is 0 Å². The van der Waals surface area contributed by atoms with Crippen LogP contribution in [-0.4, -0.2) is 31.0 Å². The van der Waals surface area contributed by atoms with Gasteiger partial charge >= 0.3 is 0 Å². The lowest BCUT2D eigenvalue weighted by atomic mass is 9.99. The van der Waals surface area contributed by atoms with Gasteiger partial charge in [-0.05, 0) is 31.4 Å². The number of nitrogens with one attached hydrogen (secondary N) is 2. The molecular formula is C16H20N2O3. The summed E-state index contributed by atoms with van der Waals surface area (Å²) in [5.41, 5.74) is 1.55. The second kappa shape index (κ2) is 6.16. The minimum Gasteiger partial charge on any atom is -0.483 e. The maximum Gasteiger partial charge on any atom is 0.258 e. The number of hydrogen-bond donors (Lipinski definition) is 2. The van der Waals surface area contributed by atoms with Crippen LogP contribution in [0.2, 0.25) is 0 Å². The number of fused-ring (bicyclic) bond motifs is 1. The Bertz CT molecular complexity index is 550. The number of amides is 2. The van der Waals surface area contributed by atoms with Crippen molar-refractivity contribution in [1.82, 2.24) is 10.6 Å². The third-order valence-corrected chi connectivity index (χ3v) is 4.12. The third kappa shape index (κ3) is 3.17. The van der Waals surface area contributed by atoms with Crippen LogP contribution < -0.4 is 15.4 Å². The van der Waals surface area contributed by atoms with Crippen LogP contribution in [0.5, 0.6) is 5.75 Å². The maximum absolute atomic E-state index is 11.9. The smallest absolute Gasteiger partial charge is 0.258 e. The molecule has 1 aromatic carbocycles. The standard InChI is InChI=1S/C16H20N2O3/c19-15(18-11-4-1-2-5-11)10-21-14-7-3-6-13-12(14)8-9-17-16(13)20/h3,6-7,11H,1-2,4-5,8-10H2,(H,17,20)(H,18,19). The van der Waals surface area contributed by atoms with Gasteiger partial charge in [-0.2, -0.15) is 0 Å². The summed E-state index contributed by atoms with van der Waals surface area (Å²) in [6.07, 6.45) is 5.24. The Kier molecular flexibility index (Phi) is 4.08. The van der Waals surface area contributed by atoms with Crippen LogP contribution in [0.4, 0.5) is 0 Å². The van der Waals surface area contributed by atoms with Crippen molar-refractivity contribution in [2.24, 2.45) is 0 Å². The van der Waals surface area contributed by atoms with Crippen molar-refractivity contribution in [2.75, 3.05) is 13.2 Å². The first-order valence-electron chi connectivity index (χ1n) is 7.56. The lowest BCUT2D eigenvalue weighted by Crippen LogP contribution is -2.36. The molecule has 2 N–H and O–H groups in total. The number of hydrogen-bond acceptors (Lipinski definition) is 3. The summed E-state index contributed by atoms with van der Waals surface area (Å²) < 4.78 is 5.63. The van der Waals surface area contributed by atoms with E-state index in [0.29, 0.717) is 23.9 Å². The van der Waals surface area contributed by atoms with Crippen molar-refractivity contribution < 1.29 is 14.3 Å². The minimum absolute atomic E-state index is 0.00850. The normalized spacial score (nSPS) is 18.0. The van der Waals surface area contributed by atoms with Gasteiger partial charge in [0, 0.05) is 23.7 Å². The average molecular weight is 288 g/mol. The second-order valence-corrected chi connectivity index (χ2v) is 5.63. The van der Waals surface area contributed by atoms with Crippen molar-refractivity contribution in [3.8, 4) is 5.75 Å². The molecule has 3 rings (SSSR count). The van der Waals surface area contributed by atoms with Crippen molar-refractivity contribution in [3.05, 3.63) is 29.3 Å². The number of ether oxygens (including phenoxy) is 1. The molecule has 0 saturated heterocycles. The highest BCUT2D eigenvalue weighted by molar-refractivity contribution is 5.97. The van der Waals surface area contributed by atoms with E-state index < -0.39 is 0 Å². The van der Waals surface area contributed by atoms with Gasteiger partial charge in [0.1, 0.15) is 5.75 Å². The molecule has 1 aliphatic heterocycles. The summed E-state index contributed by atoms with van der Waals surface area (Å²) in [4.78, 5) is 23.6. The number of rotatable bonds is 4. The maximum atomic E-state index is 11.9. The van der Waals surface area contributed by atoms with Crippen LogP contribution in [0.25, 0.3) is 0 Å². The van der Waals surface area contributed by atoms with Crippen LogP contribution in [0, 0.1) is 0 Å². The molecule has 1 fully saturated rings. The number of benzene rings is 1. The van der Waals surface area contributed by atoms with Crippen LogP contribution in [-0.2, 0) is 11.2 Å². The molecule has 21 heavy (non-hydrogen) atoms. The van der Waals surface area contributed by atoms with E-state index in [1.54, 1.807) is 12.1 Å². The van der Waals surface area contributed by atoms with Crippen LogP contribution >= 0.6 is 0 Å². The zero-order chi connectivity index (χ0) is 14.7. The Morgan fingerprint density at radius 1 is 1.33 bits per heavy atom. The molecule has 5 nitrogen and oxygen atoms in total.